The standard InChI is InChI=1S/C27H26N2O9S2/c1-17-5-9-21(10-6-17)39(32,33)37-23-15-24(38-40(34,35)22-11-7-18(2)8-12-22)25(27(30)31)26(19(23)3)36-16-20-13-14-29(4)28-20/h5-15H,16H2,1-4H3,(H,30,31). The predicted octanol–water partition coefficient (Wildman–Crippen LogP) is 4.16. The van der Waals surface area contributed by atoms with Crippen LogP contribution in [0.15, 0.2) is 76.7 Å². The third kappa shape index (κ3) is 6.26. The number of hydrogen-bond acceptors (Lipinski definition) is 9. The summed E-state index contributed by atoms with van der Waals surface area (Å²) < 4.78 is 70.3. The number of aromatic nitrogens is 2. The Morgan fingerprint density at radius 3 is 1.77 bits per heavy atom. The summed E-state index contributed by atoms with van der Waals surface area (Å²) in [4.78, 5) is 12.0. The van der Waals surface area contributed by atoms with E-state index in [4.69, 9.17) is 13.1 Å². The molecule has 0 aliphatic heterocycles. The molecule has 0 radical (unpaired) electrons. The van der Waals surface area contributed by atoms with Crippen LogP contribution in [0.4, 0.5) is 0 Å². The minimum absolute atomic E-state index is 0.0101. The summed E-state index contributed by atoms with van der Waals surface area (Å²) in [6.45, 7) is 4.73. The zero-order valence-corrected chi connectivity index (χ0v) is 23.6. The van der Waals surface area contributed by atoms with Crippen molar-refractivity contribution in [1.29, 1.82) is 0 Å². The molecule has 1 heterocycles. The second-order valence-corrected chi connectivity index (χ2v) is 12.1. The summed E-state index contributed by atoms with van der Waals surface area (Å²) in [5, 5.41) is 14.2. The van der Waals surface area contributed by atoms with E-state index in [1.807, 2.05) is 0 Å². The Morgan fingerprint density at radius 2 is 1.32 bits per heavy atom. The van der Waals surface area contributed by atoms with Crippen molar-refractivity contribution in [2.45, 2.75) is 37.2 Å². The molecular weight excluding hydrogens is 560 g/mol. The largest absolute Gasteiger partial charge is 0.486 e. The number of carboxylic acids is 1. The normalized spacial score (nSPS) is 11.7. The molecule has 210 valence electrons. The van der Waals surface area contributed by atoms with Gasteiger partial charge in [0.25, 0.3) is 0 Å². The van der Waals surface area contributed by atoms with Gasteiger partial charge in [0.1, 0.15) is 27.7 Å². The molecule has 40 heavy (non-hydrogen) atoms. The summed E-state index contributed by atoms with van der Waals surface area (Å²) >= 11 is 0. The molecule has 11 nitrogen and oxygen atoms in total. The average Bonchev–Trinajstić information content (AvgIpc) is 3.29. The van der Waals surface area contributed by atoms with Crippen molar-refractivity contribution in [2.75, 3.05) is 0 Å². The van der Waals surface area contributed by atoms with Crippen molar-refractivity contribution in [3.8, 4) is 17.2 Å². The smallest absolute Gasteiger partial charge is 0.343 e. The summed E-state index contributed by atoms with van der Waals surface area (Å²) in [6, 6.07) is 14.1. The van der Waals surface area contributed by atoms with Gasteiger partial charge < -0.3 is 18.2 Å². The fraction of sp³-hybridized carbons (Fsp3) is 0.185. The highest BCUT2D eigenvalue weighted by atomic mass is 32.2. The Balaban J connectivity index is 1.84. The Morgan fingerprint density at radius 1 is 0.825 bits per heavy atom. The van der Waals surface area contributed by atoms with Crippen molar-refractivity contribution in [3.05, 3.63) is 94.8 Å². The second kappa shape index (κ2) is 11.0. The van der Waals surface area contributed by atoms with E-state index >= 15 is 0 Å². The molecule has 0 saturated carbocycles. The van der Waals surface area contributed by atoms with Crippen LogP contribution in [0.3, 0.4) is 0 Å². The molecule has 0 fully saturated rings. The van der Waals surface area contributed by atoms with E-state index in [9.17, 15) is 26.7 Å². The summed E-state index contributed by atoms with van der Waals surface area (Å²) in [6.07, 6.45) is 1.65. The van der Waals surface area contributed by atoms with E-state index in [0.717, 1.165) is 17.2 Å². The summed E-state index contributed by atoms with van der Waals surface area (Å²) in [5.41, 5.74) is 1.41. The fourth-order valence-corrected chi connectivity index (χ4v) is 5.58. The highest BCUT2D eigenvalue weighted by Gasteiger charge is 2.30. The number of aryl methyl sites for hydroxylation is 3. The van der Waals surface area contributed by atoms with Crippen LogP contribution in [-0.4, -0.2) is 37.7 Å². The van der Waals surface area contributed by atoms with Crippen LogP contribution in [0.1, 0.15) is 32.7 Å². The lowest BCUT2D eigenvalue weighted by Crippen LogP contribution is -2.16. The van der Waals surface area contributed by atoms with E-state index in [0.29, 0.717) is 5.69 Å². The second-order valence-electron chi connectivity index (χ2n) is 8.98. The quantitative estimate of drug-likeness (QED) is 0.268. The van der Waals surface area contributed by atoms with Crippen LogP contribution >= 0.6 is 0 Å². The molecule has 4 rings (SSSR count). The molecule has 1 aromatic heterocycles. The first-order chi connectivity index (χ1) is 18.8. The van der Waals surface area contributed by atoms with Gasteiger partial charge in [-0.1, -0.05) is 35.4 Å². The number of ether oxygens (including phenoxy) is 1. The highest BCUT2D eigenvalue weighted by molar-refractivity contribution is 7.87. The molecule has 13 heteroatoms. The van der Waals surface area contributed by atoms with E-state index in [2.05, 4.69) is 5.10 Å². The van der Waals surface area contributed by atoms with Gasteiger partial charge in [-0.05, 0) is 51.1 Å². The maximum atomic E-state index is 13.1. The molecule has 0 spiro atoms. The Hall–Kier alpha value is -4.36. The molecule has 0 bridgehead atoms. The fourth-order valence-electron chi connectivity index (χ4n) is 3.67. The van der Waals surface area contributed by atoms with Crippen molar-refractivity contribution >= 4 is 26.2 Å². The van der Waals surface area contributed by atoms with E-state index in [1.54, 1.807) is 57.4 Å². The predicted molar refractivity (Wildman–Crippen MR) is 144 cm³/mol. The van der Waals surface area contributed by atoms with Crippen LogP contribution < -0.4 is 13.1 Å². The molecule has 1 N–H and O–H groups in total. The Labute approximate surface area is 231 Å². The topological polar surface area (TPSA) is 151 Å². The van der Waals surface area contributed by atoms with Gasteiger partial charge >= 0.3 is 26.2 Å². The lowest BCUT2D eigenvalue weighted by molar-refractivity contribution is 0.0689. The maximum Gasteiger partial charge on any atom is 0.343 e. The molecule has 0 aliphatic rings. The number of carboxylic acid groups (broad SMARTS) is 1. The molecular formula is C27H26N2O9S2. The van der Waals surface area contributed by atoms with Crippen molar-refractivity contribution in [2.24, 2.45) is 7.05 Å². The zero-order chi connectivity index (χ0) is 29.2. The first-order valence-corrected chi connectivity index (χ1v) is 14.6. The van der Waals surface area contributed by atoms with Crippen LogP contribution in [0.2, 0.25) is 0 Å². The molecule has 0 unspecified atom stereocenters. The number of carbonyl (C=O) groups is 1. The van der Waals surface area contributed by atoms with Crippen molar-refractivity contribution in [1.82, 2.24) is 9.78 Å². The lowest BCUT2D eigenvalue weighted by Gasteiger charge is -2.19. The molecule has 3 aromatic carbocycles. The minimum atomic E-state index is -4.54. The first kappa shape index (κ1) is 28.6. The van der Waals surface area contributed by atoms with Crippen LogP contribution in [-0.2, 0) is 33.9 Å². The summed E-state index contributed by atoms with van der Waals surface area (Å²) in [5.74, 6) is -2.98. The van der Waals surface area contributed by atoms with Crippen LogP contribution in [0, 0.1) is 20.8 Å². The minimum Gasteiger partial charge on any atom is -0.486 e. The maximum absolute atomic E-state index is 13.1. The van der Waals surface area contributed by atoms with Crippen molar-refractivity contribution < 1.29 is 39.8 Å². The molecule has 4 aromatic rings. The van der Waals surface area contributed by atoms with Gasteiger partial charge in [0.05, 0.1) is 5.69 Å². The average molecular weight is 587 g/mol. The van der Waals surface area contributed by atoms with E-state index < -0.39 is 37.5 Å². The van der Waals surface area contributed by atoms with Gasteiger partial charge in [-0.3, -0.25) is 4.68 Å². The zero-order valence-electron chi connectivity index (χ0n) is 22.0. The highest BCUT2D eigenvalue weighted by Crippen LogP contribution is 2.41. The molecule has 0 amide bonds. The molecule has 0 saturated heterocycles. The molecule has 0 aliphatic carbocycles. The van der Waals surface area contributed by atoms with Gasteiger partial charge in [0, 0.05) is 24.9 Å². The van der Waals surface area contributed by atoms with Gasteiger partial charge in [0.2, 0.25) is 0 Å². The van der Waals surface area contributed by atoms with E-state index in [1.165, 1.54) is 35.9 Å². The third-order valence-corrected chi connectivity index (χ3v) is 8.31. The lowest BCUT2D eigenvalue weighted by atomic mass is 10.1. The Kier molecular flexibility index (Phi) is 7.89. The van der Waals surface area contributed by atoms with Crippen LogP contribution in [0.5, 0.6) is 17.2 Å². The monoisotopic (exact) mass is 586 g/mol. The van der Waals surface area contributed by atoms with Gasteiger partial charge in [-0.2, -0.15) is 21.9 Å². The Bertz CT molecular complexity index is 1780. The van der Waals surface area contributed by atoms with Crippen molar-refractivity contribution in [3.63, 3.8) is 0 Å². The SMILES string of the molecule is Cc1ccc(S(=O)(=O)Oc2cc(OS(=O)(=O)c3ccc(C)cc3)c(C(=O)O)c(OCc3ccn(C)n3)c2C)cc1. The van der Waals surface area contributed by atoms with Gasteiger partial charge in [0.15, 0.2) is 11.5 Å². The number of nitrogens with zero attached hydrogens (tertiary/aromatic N) is 2. The summed E-state index contributed by atoms with van der Waals surface area (Å²) in [7, 11) is -7.26. The van der Waals surface area contributed by atoms with E-state index in [-0.39, 0.29) is 33.5 Å². The number of rotatable bonds is 10. The number of hydrogen-bond donors (Lipinski definition) is 1. The number of aromatic carboxylic acids is 1. The molecule has 0 atom stereocenters. The third-order valence-electron chi connectivity index (χ3n) is 5.81. The van der Waals surface area contributed by atoms with Gasteiger partial charge in [-0.15, -0.1) is 0 Å². The van der Waals surface area contributed by atoms with Crippen LogP contribution in [0.25, 0.3) is 0 Å². The number of benzene rings is 3. The van der Waals surface area contributed by atoms with Gasteiger partial charge in [-0.25, -0.2) is 4.79 Å². The first-order valence-electron chi connectivity index (χ1n) is 11.8.